The summed E-state index contributed by atoms with van der Waals surface area (Å²) in [5.74, 6) is 0. The molecular formula is C15H24N2O2. The van der Waals surface area contributed by atoms with Crippen LogP contribution in [0.15, 0.2) is 23.1 Å². The molecule has 0 radical (unpaired) electrons. The Kier molecular flexibility index (Phi) is 5.61. The highest BCUT2D eigenvalue weighted by atomic mass is 16.5. The lowest BCUT2D eigenvalue weighted by atomic mass is 10.2. The summed E-state index contributed by atoms with van der Waals surface area (Å²) in [6, 6.07) is 3.62. The van der Waals surface area contributed by atoms with Crippen LogP contribution in [0.3, 0.4) is 0 Å². The molecule has 0 bridgehead atoms. The minimum atomic E-state index is 0.0525. The highest BCUT2D eigenvalue weighted by Gasteiger charge is 2.10. The van der Waals surface area contributed by atoms with Crippen molar-refractivity contribution >= 4 is 0 Å². The predicted molar refractivity (Wildman–Crippen MR) is 76.3 cm³/mol. The molecule has 1 saturated heterocycles. The molecule has 0 amide bonds. The van der Waals surface area contributed by atoms with Gasteiger partial charge in [-0.3, -0.25) is 9.69 Å². The van der Waals surface area contributed by atoms with E-state index in [9.17, 15) is 4.79 Å². The maximum Gasteiger partial charge on any atom is 0.250 e. The van der Waals surface area contributed by atoms with Crippen molar-refractivity contribution in [3.8, 4) is 0 Å². The molecule has 0 N–H and O–H groups in total. The fraction of sp³-hybridized carbons (Fsp3) is 0.667. The minimum Gasteiger partial charge on any atom is -0.383 e. The van der Waals surface area contributed by atoms with Crippen LogP contribution in [-0.4, -0.2) is 36.3 Å². The molecule has 1 aliphatic heterocycles. The van der Waals surface area contributed by atoms with Gasteiger partial charge in [-0.1, -0.05) is 18.9 Å². The van der Waals surface area contributed by atoms with E-state index >= 15 is 0 Å². The second-order valence-corrected chi connectivity index (χ2v) is 5.25. The average molecular weight is 264 g/mol. The van der Waals surface area contributed by atoms with Crippen molar-refractivity contribution in [2.45, 2.75) is 38.8 Å². The number of nitrogens with zero attached hydrogens (tertiary/aromatic N) is 2. The van der Waals surface area contributed by atoms with E-state index in [1.807, 2.05) is 12.3 Å². The van der Waals surface area contributed by atoms with Gasteiger partial charge in [-0.05, 0) is 31.5 Å². The van der Waals surface area contributed by atoms with Gasteiger partial charge in [-0.2, -0.15) is 0 Å². The van der Waals surface area contributed by atoms with Crippen LogP contribution in [0.1, 0.15) is 31.2 Å². The maximum absolute atomic E-state index is 11.7. The topological polar surface area (TPSA) is 34.5 Å². The zero-order valence-corrected chi connectivity index (χ0v) is 11.8. The third-order valence-corrected chi connectivity index (χ3v) is 3.69. The van der Waals surface area contributed by atoms with E-state index in [4.69, 9.17) is 4.74 Å². The molecule has 1 aliphatic rings. The Labute approximate surface area is 115 Å². The molecule has 1 aromatic rings. The molecule has 2 rings (SSSR count). The van der Waals surface area contributed by atoms with Crippen LogP contribution in [0, 0.1) is 0 Å². The summed E-state index contributed by atoms with van der Waals surface area (Å²) >= 11 is 0. The smallest absolute Gasteiger partial charge is 0.250 e. The van der Waals surface area contributed by atoms with Gasteiger partial charge >= 0.3 is 0 Å². The Morgan fingerprint density at radius 2 is 1.89 bits per heavy atom. The van der Waals surface area contributed by atoms with Crippen molar-refractivity contribution in [1.29, 1.82) is 0 Å². The highest BCUT2D eigenvalue weighted by molar-refractivity contribution is 5.10. The van der Waals surface area contributed by atoms with E-state index in [0.29, 0.717) is 13.2 Å². The second kappa shape index (κ2) is 7.46. The van der Waals surface area contributed by atoms with Gasteiger partial charge < -0.3 is 9.30 Å². The molecule has 0 atom stereocenters. The lowest BCUT2D eigenvalue weighted by Crippen LogP contribution is -2.26. The molecule has 0 spiro atoms. The van der Waals surface area contributed by atoms with Gasteiger partial charge in [0.2, 0.25) is 0 Å². The van der Waals surface area contributed by atoms with Crippen molar-refractivity contribution in [2.75, 3.05) is 26.8 Å². The number of pyridine rings is 1. The largest absolute Gasteiger partial charge is 0.383 e. The quantitative estimate of drug-likeness (QED) is 0.814. The van der Waals surface area contributed by atoms with Crippen molar-refractivity contribution in [3.05, 3.63) is 34.2 Å². The van der Waals surface area contributed by atoms with E-state index < -0.39 is 0 Å². The Morgan fingerprint density at radius 1 is 1.16 bits per heavy atom. The lowest BCUT2D eigenvalue weighted by molar-refractivity contribution is 0.186. The molecule has 1 fully saturated rings. The van der Waals surface area contributed by atoms with Gasteiger partial charge in [-0.25, -0.2) is 0 Å². The molecule has 0 aromatic carbocycles. The molecule has 4 nitrogen and oxygen atoms in total. The number of hydrogen-bond acceptors (Lipinski definition) is 3. The normalized spacial score (nSPS) is 17.3. The number of ether oxygens (including phenoxy) is 1. The number of methoxy groups -OCH3 is 1. The van der Waals surface area contributed by atoms with E-state index in [-0.39, 0.29) is 5.56 Å². The van der Waals surface area contributed by atoms with Gasteiger partial charge in [0.25, 0.3) is 5.56 Å². The monoisotopic (exact) mass is 264 g/mol. The summed E-state index contributed by atoms with van der Waals surface area (Å²) in [5.41, 5.74) is 1.27. The van der Waals surface area contributed by atoms with Gasteiger partial charge in [0.05, 0.1) is 6.61 Å². The molecule has 2 heterocycles. The van der Waals surface area contributed by atoms with Crippen molar-refractivity contribution in [3.63, 3.8) is 0 Å². The summed E-state index contributed by atoms with van der Waals surface area (Å²) in [6.45, 7) is 4.51. The van der Waals surface area contributed by atoms with Crippen LogP contribution >= 0.6 is 0 Å². The third kappa shape index (κ3) is 4.48. The van der Waals surface area contributed by atoms with Gasteiger partial charge in [0, 0.05) is 32.5 Å². The van der Waals surface area contributed by atoms with Crippen LogP contribution in [0.4, 0.5) is 0 Å². The van der Waals surface area contributed by atoms with Gasteiger partial charge in [0.1, 0.15) is 0 Å². The molecule has 19 heavy (non-hydrogen) atoms. The van der Waals surface area contributed by atoms with Crippen molar-refractivity contribution in [2.24, 2.45) is 0 Å². The Bertz CT molecular complexity index is 434. The second-order valence-electron chi connectivity index (χ2n) is 5.25. The third-order valence-electron chi connectivity index (χ3n) is 3.69. The summed E-state index contributed by atoms with van der Waals surface area (Å²) in [6.07, 6.45) is 7.27. The SMILES string of the molecule is COCCn1cc(CN2CCCCCC2)ccc1=O. The van der Waals surface area contributed by atoms with E-state index in [1.165, 1.54) is 44.3 Å². The van der Waals surface area contributed by atoms with Crippen LogP contribution in [-0.2, 0) is 17.8 Å². The Hall–Kier alpha value is -1.13. The molecule has 0 saturated carbocycles. The Morgan fingerprint density at radius 3 is 2.58 bits per heavy atom. The molecule has 0 unspecified atom stereocenters. The molecule has 0 aliphatic carbocycles. The number of likely N-dealkylation sites (tertiary alicyclic amines) is 1. The number of hydrogen-bond donors (Lipinski definition) is 0. The first-order chi connectivity index (χ1) is 9.29. The summed E-state index contributed by atoms with van der Waals surface area (Å²) in [7, 11) is 1.66. The van der Waals surface area contributed by atoms with Crippen molar-refractivity contribution in [1.82, 2.24) is 9.47 Å². The Balaban J connectivity index is 2.01. The van der Waals surface area contributed by atoms with E-state index in [1.54, 1.807) is 17.7 Å². The van der Waals surface area contributed by atoms with Crippen molar-refractivity contribution < 1.29 is 4.74 Å². The van der Waals surface area contributed by atoms with E-state index in [2.05, 4.69) is 4.90 Å². The van der Waals surface area contributed by atoms with Crippen LogP contribution in [0.25, 0.3) is 0 Å². The fourth-order valence-electron chi connectivity index (χ4n) is 2.59. The molecule has 4 heteroatoms. The summed E-state index contributed by atoms with van der Waals surface area (Å²) < 4.78 is 6.78. The lowest BCUT2D eigenvalue weighted by Gasteiger charge is -2.20. The standard InChI is InChI=1S/C15H24N2O2/c1-19-11-10-17-13-14(6-7-15(17)18)12-16-8-4-2-3-5-9-16/h6-7,13H,2-5,8-12H2,1H3. The first kappa shape index (κ1) is 14.3. The molecule has 106 valence electrons. The first-order valence-corrected chi connectivity index (χ1v) is 7.20. The van der Waals surface area contributed by atoms with Crippen LogP contribution in [0.2, 0.25) is 0 Å². The first-order valence-electron chi connectivity index (χ1n) is 7.20. The fourth-order valence-corrected chi connectivity index (χ4v) is 2.59. The van der Waals surface area contributed by atoms with Gasteiger partial charge in [-0.15, -0.1) is 0 Å². The zero-order chi connectivity index (χ0) is 13.5. The zero-order valence-electron chi connectivity index (χ0n) is 11.8. The summed E-state index contributed by atoms with van der Waals surface area (Å²) in [4.78, 5) is 14.2. The molecular weight excluding hydrogens is 240 g/mol. The predicted octanol–water partition coefficient (Wildman–Crippen LogP) is 1.87. The van der Waals surface area contributed by atoms with E-state index in [0.717, 1.165) is 6.54 Å². The van der Waals surface area contributed by atoms with Gasteiger partial charge in [0.15, 0.2) is 0 Å². The van der Waals surface area contributed by atoms with Crippen LogP contribution in [0.5, 0.6) is 0 Å². The highest BCUT2D eigenvalue weighted by Crippen LogP contribution is 2.12. The summed E-state index contributed by atoms with van der Waals surface area (Å²) in [5, 5.41) is 0. The molecule has 1 aromatic heterocycles. The number of rotatable bonds is 5. The average Bonchev–Trinajstić information content (AvgIpc) is 2.68. The maximum atomic E-state index is 11.7. The van der Waals surface area contributed by atoms with Crippen LogP contribution < -0.4 is 5.56 Å². The minimum absolute atomic E-state index is 0.0525. The number of aromatic nitrogens is 1.